The van der Waals surface area contributed by atoms with Gasteiger partial charge in [0.2, 0.25) is 15.9 Å². The van der Waals surface area contributed by atoms with E-state index in [-0.39, 0.29) is 29.3 Å². The fraction of sp³-hybridized carbons (Fsp3) is 0.632. The third-order valence-corrected chi connectivity index (χ3v) is 8.15. The molecule has 7 heteroatoms. The van der Waals surface area contributed by atoms with Crippen molar-refractivity contribution < 1.29 is 17.6 Å². The molecule has 3 aliphatic rings. The van der Waals surface area contributed by atoms with Gasteiger partial charge in [-0.15, -0.1) is 0 Å². The summed E-state index contributed by atoms with van der Waals surface area (Å²) in [4.78, 5) is 12.8. The van der Waals surface area contributed by atoms with Gasteiger partial charge in [-0.2, -0.15) is 4.31 Å². The van der Waals surface area contributed by atoms with Crippen LogP contribution in [0.3, 0.4) is 0 Å². The van der Waals surface area contributed by atoms with E-state index in [1.54, 1.807) is 0 Å². The molecular weight excluding hydrogens is 355 g/mol. The van der Waals surface area contributed by atoms with Crippen LogP contribution in [0.25, 0.3) is 0 Å². The molecule has 26 heavy (non-hydrogen) atoms. The molecule has 142 valence electrons. The Bertz CT molecular complexity index is 780. The zero-order valence-corrected chi connectivity index (χ0v) is 15.6. The number of rotatable bonds is 4. The average molecular weight is 380 g/mol. The Hall–Kier alpha value is -1.47. The van der Waals surface area contributed by atoms with Crippen molar-refractivity contribution >= 4 is 15.9 Å². The monoisotopic (exact) mass is 380 g/mol. The highest BCUT2D eigenvalue weighted by Gasteiger charge is 2.41. The second kappa shape index (κ2) is 6.93. The number of carbonyl (C=O) groups excluding carboxylic acids is 1. The van der Waals surface area contributed by atoms with E-state index in [4.69, 9.17) is 0 Å². The molecule has 3 fully saturated rings. The Morgan fingerprint density at radius 3 is 2.54 bits per heavy atom. The van der Waals surface area contributed by atoms with Crippen molar-refractivity contribution in [2.24, 2.45) is 17.8 Å². The molecule has 2 saturated carbocycles. The van der Waals surface area contributed by atoms with Crippen LogP contribution in [0.5, 0.6) is 0 Å². The van der Waals surface area contributed by atoms with Gasteiger partial charge < -0.3 is 5.32 Å². The highest BCUT2D eigenvalue weighted by Crippen LogP contribution is 2.44. The number of amides is 1. The molecule has 2 bridgehead atoms. The summed E-state index contributed by atoms with van der Waals surface area (Å²) in [6, 6.07) is 5.13. The summed E-state index contributed by atoms with van der Waals surface area (Å²) in [5.41, 5.74) is 0. The lowest BCUT2D eigenvalue weighted by atomic mass is 9.93. The van der Waals surface area contributed by atoms with Gasteiger partial charge in [0.15, 0.2) is 0 Å². The molecule has 0 radical (unpaired) electrons. The fourth-order valence-corrected chi connectivity index (χ4v) is 6.38. The molecule has 1 amide bonds. The molecule has 1 N–H and O–H groups in total. The lowest BCUT2D eigenvalue weighted by Gasteiger charge is -2.32. The van der Waals surface area contributed by atoms with E-state index in [0.717, 1.165) is 24.5 Å². The van der Waals surface area contributed by atoms with Crippen LogP contribution in [0.4, 0.5) is 4.39 Å². The quantitative estimate of drug-likeness (QED) is 0.873. The van der Waals surface area contributed by atoms with Gasteiger partial charge in [-0.25, -0.2) is 12.8 Å². The van der Waals surface area contributed by atoms with Crippen molar-refractivity contribution in [3.05, 3.63) is 30.1 Å². The number of carbonyl (C=O) groups is 1. The van der Waals surface area contributed by atoms with Crippen LogP contribution >= 0.6 is 0 Å². The molecule has 1 aromatic rings. The molecule has 4 rings (SSSR count). The first-order valence-corrected chi connectivity index (χ1v) is 10.9. The highest BCUT2D eigenvalue weighted by molar-refractivity contribution is 7.89. The van der Waals surface area contributed by atoms with Crippen LogP contribution < -0.4 is 5.32 Å². The van der Waals surface area contributed by atoms with Crippen LogP contribution in [0, 0.1) is 23.6 Å². The molecule has 1 heterocycles. The van der Waals surface area contributed by atoms with Gasteiger partial charge in [0.25, 0.3) is 0 Å². The Balaban J connectivity index is 1.42. The number of hydrogen-bond donors (Lipinski definition) is 1. The Labute approximate surface area is 154 Å². The number of sulfonamides is 1. The Kier molecular flexibility index (Phi) is 4.77. The molecule has 0 spiro atoms. The van der Waals surface area contributed by atoms with E-state index >= 15 is 0 Å². The predicted octanol–water partition coefficient (Wildman–Crippen LogP) is 2.53. The second-order valence-corrected chi connectivity index (χ2v) is 9.88. The van der Waals surface area contributed by atoms with Gasteiger partial charge in [-0.3, -0.25) is 4.79 Å². The van der Waals surface area contributed by atoms with Gasteiger partial charge >= 0.3 is 0 Å². The minimum Gasteiger partial charge on any atom is -0.353 e. The van der Waals surface area contributed by atoms with Gasteiger partial charge in [0.05, 0.1) is 10.8 Å². The van der Waals surface area contributed by atoms with Crippen molar-refractivity contribution in [2.45, 2.75) is 49.5 Å². The van der Waals surface area contributed by atoms with E-state index in [2.05, 4.69) is 5.32 Å². The third kappa shape index (κ3) is 3.39. The van der Waals surface area contributed by atoms with Gasteiger partial charge in [0.1, 0.15) is 5.82 Å². The predicted molar refractivity (Wildman–Crippen MR) is 95.3 cm³/mol. The number of nitrogens with one attached hydrogen (secondary N) is 1. The Morgan fingerprint density at radius 1 is 1.12 bits per heavy atom. The maximum absolute atomic E-state index is 13.1. The van der Waals surface area contributed by atoms with E-state index in [1.165, 1.54) is 35.7 Å². The number of hydrogen-bond acceptors (Lipinski definition) is 3. The smallest absolute Gasteiger partial charge is 0.243 e. The summed E-state index contributed by atoms with van der Waals surface area (Å²) in [6.45, 7) is 0.601. The lowest BCUT2D eigenvalue weighted by molar-refractivity contribution is -0.127. The molecule has 0 aromatic heterocycles. The number of halogens is 1. The van der Waals surface area contributed by atoms with Crippen molar-refractivity contribution in [1.82, 2.24) is 9.62 Å². The molecule has 2 aliphatic carbocycles. The molecule has 0 unspecified atom stereocenters. The summed E-state index contributed by atoms with van der Waals surface area (Å²) >= 11 is 0. The zero-order valence-electron chi connectivity index (χ0n) is 14.7. The minimum atomic E-state index is -3.69. The van der Waals surface area contributed by atoms with Crippen molar-refractivity contribution in [2.75, 3.05) is 13.1 Å². The number of fused-ring (bicyclic) bond motifs is 2. The van der Waals surface area contributed by atoms with Crippen LogP contribution in [0.1, 0.15) is 38.5 Å². The Morgan fingerprint density at radius 2 is 1.88 bits per heavy atom. The summed E-state index contributed by atoms with van der Waals surface area (Å²) in [7, 11) is -3.69. The van der Waals surface area contributed by atoms with Gasteiger partial charge in [0, 0.05) is 19.1 Å². The van der Waals surface area contributed by atoms with Gasteiger partial charge in [-0.1, -0.05) is 6.42 Å². The standard InChI is InChI=1S/C19H25FN2O3S/c20-16-5-7-17(8-6-16)26(24,25)22-9-1-2-15(12-22)19(23)21-18-11-13-3-4-14(18)10-13/h5-8,13-15,18H,1-4,9-12H2,(H,21,23)/t13-,14-,15-,18+/m1/s1. The van der Waals surface area contributed by atoms with Gasteiger partial charge in [-0.05, 0) is 68.2 Å². The third-order valence-electron chi connectivity index (χ3n) is 6.27. The topological polar surface area (TPSA) is 66.5 Å². The molecule has 1 aromatic carbocycles. The summed E-state index contributed by atoms with van der Waals surface area (Å²) in [5, 5.41) is 3.19. The van der Waals surface area contributed by atoms with Crippen molar-refractivity contribution in [3.8, 4) is 0 Å². The van der Waals surface area contributed by atoms with Crippen molar-refractivity contribution in [3.63, 3.8) is 0 Å². The summed E-state index contributed by atoms with van der Waals surface area (Å²) in [5.74, 6) is 0.573. The van der Waals surface area contributed by atoms with E-state index in [9.17, 15) is 17.6 Å². The molecule has 1 aliphatic heterocycles. The number of nitrogens with zero attached hydrogens (tertiary/aromatic N) is 1. The largest absolute Gasteiger partial charge is 0.353 e. The first-order chi connectivity index (χ1) is 12.4. The van der Waals surface area contributed by atoms with Crippen molar-refractivity contribution in [1.29, 1.82) is 0 Å². The summed E-state index contributed by atoms with van der Waals surface area (Å²) < 4.78 is 40.0. The first kappa shape index (κ1) is 17.9. The lowest BCUT2D eigenvalue weighted by Crippen LogP contribution is -2.48. The van der Waals surface area contributed by atoms with Crippen LogP contribution in [0.2, 0.25) is 0 Å². The highest BCUT2D eigenvalue weighted by atomic mass is 32.2. The minimum absolute atomic E-state index is 0.0124. The SMILES string of the molecule is O=C(N[C@H]1C[C@@H]2CC[C@@H]1C2)[C@@H]1CCCN(S(=O)(=O)c2ccc(F)cc2)C1. The molecule has 5 nitrogen and oxygen atoms in total. The number of benzene rings is 1. The zero-order chi connectivity index (χ0) is 18.3. The molecule has 1 saturated heterocycles. The molecule has 4 atom stereocenters. The fourth-order valence-electron chi connectivity index (χ4n) is 4.85. The normalized spacial score (nSPS) is 31.9. The molecular formula is C19H25FN2O3S. The van der Waals surface area contributed by atoms with Crippen LogP contribution in [0.15, 0.2) is 29.2 Å². The second-order valence-electron chi connectivity index (χ2n) is 7.95. The van der Waals surface area contributed by atoms with E-state index < -0.39 is 15.8 Å². The van der Waals surface area contributed by atoms with Crippen LogP contribution in [-0.4, -0.2) is 37.8 Å². The maximum atomic E-state index is 13.1. The first-order valence-electron chi connectivity index (χ1n) is 9.49. The number of piperidine rings is 1. The summed E-state index contributed by atoms with van der Waals surface area (Å²) in [6.07, 6.45) is 6.15. The maximum Gasteiger partial charge on any atom is 0.243 e. The van der Waals surface area contributed by atoms with E-state index in [1.807, 2.05) is 0 Å². The van der Waals surface area contributed by atoms with E-state index in [0.29, 0.717) is 25.3 Å². The average Bonchev–Trinajstić information content (AvgIpc) is 3.25. The van der Waals surface area contributed by atoms with Crippen LogP contribution in [-0.2, 0) is 14.8 Å².